The van der Waals surface area contributed by atoms with Crippen LogP contribution in [0.5, 0.6) is 5.75 Å². The number of hydrogen-bond acceptors (Lipinski definition) is 3. The van der Waals surface area contributed by atoms with E-state index in [1.807, 2.05) is 0 Å². The van der Waals surface area contributed by atoms with Crippen LogP contribution in [0.1, 0.15) is 22.5 Å². The van der Waals surface area contributed by atoms with Gasteiger partial charge in [0.1, 0.15) is 5.15 Å². The second kappa shape index (κ2) is 4.72. The van der Waals surface area contributed by atoms with Crippen molar-refractivity contribution in [3.05, 3.63) is 22.5 Å². The number of carbonyl (C=O) groups excluding carboxylic acids is 1. The number of pyridine rings is 1. The fourth-order valence-corrected chi connectivity index (χ4v) is 1.36. The average Bonchev–Trinajstić information content (AvgIpc) is 2.16. The van der Waals surface area contributed by atoms with Crippen LogP contribution in [0.3, 0.4) is 0 Å². The molecular weight excluding hydrogens is 251 g/mol. The Morgan fingerprint density at radius 2 is 2.20 bits per heavy atom. The molecule has 0 spiro atoms. The van der Waals surface area contributed by atoms with Crippen LogP contribution in [-0.2, 0) is 0 Å². The van der Waals surface area contributed by atoms with E-state index in [1.165, 1.54) is 0 Å². The van der Waals surface area contributed by atoms with Crippen LogP contribution in [0.2, 0.25) is 5.15 Å². The van der Waals surface area contributed by atoms with Gasteiger partial charge < -0.3 is 4.74 Å². The van der Waals surface area contributed by atoms with Gasteiger partial charge in [-0.15, -0.1) is 0 Å². The molecule has 0 aliphatic carbocycles. The number of ether oxygens (including phenoxy) is 1. The van der Waals surface area contributed by atoms with E-state index < -0.39 is 22.9 Å². The quantitative estimate of drug-likeness (QED) is 0.616. The summed E-state index contributed by atoms with van der Waals surface area (Å²) in [5.74, 6) is -0.352. The Kier molecular flexibility index (Phi) is 3.82. The Bertz CT molecular complexity index is 398. The standard InChI is InChI=1S/C8H5Cl2F2NO2/c1-15-6-3(8(11)12)2-4(9)13-5(6)7(10)14/h2,8H,1H3. The number of carbonyl (C=O) groups is 1. The van der Waals surface area contributed by atoms with Crippen molar-refractivity contribution in [1.29, 1.82) is 0 Å². The molecule has 15 heavy (non-hydrogen) atoms. The normalized spacial score (nSPS) is 10.5. The Morgan fingerprint density at radius 3 is 2.60 bits per heavy atom. The fourth-order valence-electron chi connectivity index (χ4n) is 1.03. The predicted molar refractivity (Wildman–Crippen MR) is 50.9 cm³/mol. The van der Waals surface area contributed by atoms with Crippen molar-refractivity contribution >= 4 is 28.4 Å². The molecule has 0 aliphatic rings. The van der Waals surface area contributed by atoms with Gasteiger partial charge in [-0.25, -0.2) is 13.8 Å². The van der Waals surface area contributed by atoms with Crippen LogP contribution in [-0.4, -0.2) is 17.3 Å². The van der Waals surface area contributed by atoms with Gasteiger partial charge in [0, 0.05) is 0 Å². The zero-order chi connectivity index (χ0) is 11.6. The number of nitrogens with zero attached hydrogens (tertiary/aromatic N) is 1. The first-order chi connectivity index (χ1) is 6.97. The summed E-state index contributed by atoms with van der Waals surface area (Å²) in [7, 11) is 1.14. The molecule has 3 nitrogen and oxygen atoms in total. The molecular formula is C8H5Cl2F2NO2. The third-order valence-corrected chi connectivity index (χ3v) is 1.97. The summed E-state index contributed by atoms with van der Waals surface area (Å²) < 4.78 is 29.7. The van der Waals surface area contributed by atoms with Crippen LogP contribution < -0.4 is 4.74 Å². The van der Waals surface area contributed by atoms with Gasteiger partial charge in [-0.05, 0) is 17.7 Å². The highest BCUT2D eigenvalue weighted by Gasteiger charge is 2.22. The van der Waals surface area contributed by atoms with Gasteiger partial charge in [0.05, 0.1) is 12.7 Å². The molecule has 0 fully saturated rings. The van der Waals surface area contributed by atoms with E-state index in [-0.39, 0.29) is 10.9 Å². The van der Waals surface area contributed by atoms with Crippen molar-refractivity contribution in [3.63, 3.8) is 0 Å². The summed E-state index contributed by atoms with van der Waals surface area (Å²) >= 11 is 10.6. The zero-order valence-electron chi connectivity index (χ0n) is 7.43. The Morgan fingerprint density at radius 1 is 1.60 bits per heavy atom. The van der Waals surface area contributed by atoms with Crippen molar-refractivity contribution in [2.75, 3.05) is 7.11 Å². The predicted octanol–water partition coefficient (Wildman–Crippen LogP) is 3.06. The van der Waals surface area contributed by atoms with Crippen LogP contribution in [0.15, 0.2) is 6.07 Å². The van der Waals surface area contributed by atoms with E-state index in [1.54, 1.807) is 0 Å². The first-order valence-electron chi connectivity index (χ1n) is 3.69. The maximum absolute atomic E-state index is 12.5. The third-order valence-electron chi connectivity index (χ3n) is 1.60. The zero-order valence-corrected chi connectivity index (χ0v) is 8.94. The summed E-state index contributed by atoms with van der Waals surface area (Å²) in [6, 6.07) is 0.925. The van der Waals surface area contributed by atoms with E-state index in [0.717, 1.165) is 13.2 Å². The molecule has 0 N–H and O–H groups in total. The largest absolute Gasteiger partial charge is 0.494 e. The van der Waals surface area contributed by atoms with Gasteiger partial charge in [-0.1, -0.05) is 11.6 Å². The van der Waals surface area contributed by atoms with Gasteiger partial charge in [0.15, 0.2) is 11.4 Å². The topological polar surface area (TPSA) is 39.2 Å². The molecule has 7 heteroatoms. The lowest BCUT2D eigenvalue weighted by molar-refractivity contribution is 0.107. The van der Waals surface area contributed by atoms with Crippen LogP contribution in [0.25, 0.3) is 0 Å². The highest BCUT2D eigenvalue weighted by Crippen LogP contribution is 2.33. The third kappa shape index (κ3) is 2.54. The van der Waals surface area contributed by atoms with Gasteiger partial charge in [0.2, 0.25) is 0 Å². The molecule has 1 heterocycles. The SMILES string of the molecule is COc1c(C(F)F)cc(Cl)nc1C(=O)Cl. The number of methoxy groups -OCH3 is 1. The lowest BCUT2D eigenvalue weighted by atomic mass is 10.2. The average molecular weight is 256 g/mol. The van der Waals surface area contributed by atoms with Crippen LogP contribution in [0.4, 0.5) is 8.78 Å². The summed E-state index contributed by atoms with van der Waals surface area (Å²) in [4.78, 5) is 14.4. The second-order valence-electron chi connectivity index (χ2n) is 2.49. The molecule has 0 unspecified atom stereocenters. The van der Waals surface area contributed by atoms with Crippen molar-refractivity contribution in [1.82, 2.24) is 4.98 Å². The molecule has 0 amide bonds. The molecule has 1 rings (SSSR count). The molecule has 0 atom stereocenters. The molecule has 1 aromatic rings. The summed E-state index contributed by atoms with van der Waals surface area (Å²) in [6.07, 6.45) is -2.82. The Hall–Kier alpha value is -0.940. The van der Waals surface area contributed by atoms with E-state index in [4.69, 9.17) is 23.2 Å². The van der Waals surface area contributed by atoms with Crippen LogP contribution >= 0.6 is 23.2 Å². The first-order valence-corrected chi connectivity index (χ1v) is 4.45. The highest BCUT2D eigenvalue weighted by molar-refractivity contribution is 6.67. The van der Waals surface area contributed by atoms with Crippen molar-refractivity contribution in [2.24, 2.45) is 0 Å². The Labute approximate surface area is 94.0 Å². The molecule has 0 saturated heterocycles. The highest BCUT2D eigenvalue weighted by atomic mass is 35.5. The number of rotatable bonds is 3. The number of aromatic nitrogens is 1. The maximum atomic E-state index is 12.5. The van der Waals surface area contributed by atoms with Gasteiger partial charge in [0.25, 0.3) is 11.7 Å². The summed E-state index contributed by atoms with van der Waals surface area (Å²) in [5.41, 5.74) is -0.927. The number of alkyl halides is 2. The van der Waals surface area contributed by atoms with E-state index in [0.29, 0.717) is 0 Å². The minimum Gasteiger partial charge on any atom is -0.494 e. The van der Waals surface area contributed by atoms with Gasteiger partial charge in [-0.3, -0.25) is 4.79 Å². The van der Waals surface area contributed by atoms with Crippen molar-refractivity contribution in [3.8, 4) is 5.75 Å². The van der Waals surface area contributed by atoms with E-state index in [9.17, 15) is 13.6 Å². The first kappa shape index (κ1) is 12.1. The monoisotopic (exact) mass is 255 g/mol. The summed E-state index contributed by atoms with van der Waals surface area (Å²) in [5, 5.41) is -1.24. The molecule has 0 aliphatic heterocycles. The number of halogens is 4. The fraction of sp³-hybridized carbons (Fsp3) is 0.250. The van der Waals surface area contributed by atoms with Crippen molar-refractivity contribution < 1.29 is 18.3 Å². The van der Waals surface area contributed by atoms with E-state index in [2.05, 4.69) is 9.72 Å². The lowest BCUT2D eigenvalue weighted by Gasteiger charge is -2.10. The maximum Gasteiger partial charge on any atom is 0.274 e. The molecule has 0 radical (unpaired) electrons. The van der Waals surface area contributed by atoms with Gasteiger partial charge in [-0.2, -0.15) is 0 Å². The minimum atomic E-state index is -2.82. The number of hydrogen-bond donors (Lipinski definition) is 0. The van der Waals surface area contributed by atoms with Crippen molar-refractivity contribution in [2.45, 2.75) is 6.43 Å². The van der Waals surface area contributed by atoms with E-state index >= 15 is 0 Å². The molecule has 0 bridgehead atoms. The summed E-state index contributed by atoms with van der Waals surface area (Å²) in [6.45, 7) is 0. The molecule has 0 aromatic carbocycles. The minimum absolute atomic E-state index is 0.241. The van der Waals surface area contributed by atoms with Crippen LogP contribution in [0, 0.1) is 0 Å². The lowest BCUT2D eigenvalue weighted by Crippen LogP contribution is -2.04. The molecule has 82 valence electrons. The van der Waals surface area contributed by atoms with Gasteiger partial charge >= 0.3 is 0 Å². The second-order valence-corrected chi connectivity index (χ2v) is 3.22. The molecule has 0 saturated carbocycles. The molecule has 1 aromatic heterocycles. The Balaban J connectivity index is 3.45. The smallest absolute Gasteiger partial charge is 0.274 e.